The van der Waals surface area contributed by atoms with Crippen molar-refractivity contribution < 1.29 is 18.6 Å². The van der Waals surface area contributed by atoms with Gasteiger partial charge in [-0.1, -0.05) is 60.1 Å². The summed E-state index contributed by atoms with van der Waals surface area (Å²) in [6, 6.07) is 25.9. The van der Waals surface area contributed by atoms with Gasteiger partial charge in [0.2, 0.25) is 5.82 Å². The molecule has 8 nitrogen and oxygen atoms in total. The maximum atomic E-state index is 13.7. The average molecular weight is 659 g/mol. The zero-order valence-electron chi connectivity index (χ0n) is 23.2. The van der Waals surface area contributed by atoms with E-state index in [9.17, 15) is 4.79 Å². The molecule has 0 bridgehead atoms. The number of benzene rings is 4. The highest BCUT2D eigenvalue weighted by atomic mass is 79.9. The molecule has 0 radical (unpaired) electrons. The third-order valence-corrected chi connectivity index (χ3v) is 8.15. The molecule has 0 amide bonds. The van der Waals surface area contributed by atoms with Crippen molar-refractivity contribution >= 4 is 55.6 Å². The van der Waals surface area contributed by atoms with Gasteiger partial charge in [-0.15, -0.1) is 0 Å². The van der Waals surface area contributed by atoms with E-state index in [-0.39, 0.29) is 11.4 Å². The van der Waals surface area contributed by atoms with E-state index in [1.54, 1.807) is 37.4 Å². The zero-order chi connectivity index (χ0) is 29.9. The first-order valence-electron chi connectivity index (χ1n) is 13.4. The highest BCUT2D eigenvalue weighted by Crippen LogP contribution is 2.43. The maximum absolute atomic E-state index is 13.7. The summed E-state index contributed by atoms with van der Waals surface area (Å²) in [6.45, 7) is 2.58. The third-order valence-electron chi connectivity index (χ3n) is 6.71. The van der Waals surface area contributed by atoms with E-state index in [0.29, 0.717) is 67.8 Å². The van der Waals surface area contributed by atoms with E-state index in [4.69, 9.17) is 35.2 Å². The number of hydrogen-bond acceptors (Lipinski definition) is 7. The number of para-hydroxylation sites is 1. The van der Waals surface area contributed by atoms with E-state index in [2.05, 4.69) is 21.0 Å². The van der Waals surface area contributed by atoms with Crippen molar-refractivity contribution in [3.8, 4) is 28.8 Å². The van der Waals surface area contributed by atoms with Gasteiger partial charge in [0, 0.05) is 10.0 Å². The van der Waals surface area contributed by atoms with Gasteiger partial charge in [-0.3, -0.25) is 4.79 Å². The molecule has 0 saturated heterocycles. The van der Waals surface area contributed by atoms with Gasteiger partial charge in [0.15, 0.2) is 17.3 Å². The summed E-state index contributed by atoms with van der Waals surface area (Å²) in [5.41, 5.74) is 2.30. The summed E-state index contributed by atoms with van der Waals surface area (Å²) in [5, 5.41) is 6.06. The van der Waals surface area contributed by atoms with Crippen LogP contribution in [0.4, 0.5) is 0 Å². The van der Waals surface area contributed by atoms with E-state index in [1.807, 2.05) is 61.5 Å². The quantitative estimate of drug-likeness (QED) is 0.146. The molecule has 0 atom stereocenters. The molecule has 0 fully saturated rings. The molecule has 0 aliphatic carbocycles. The SMILES string of the molecule is CCOc1cc(C=Nn2c(-c3cc4c(OC)cccc4o3)nc3ccccc3c2=O)c(Br)c(Cl)c1OCc1ccccc1. The number of hydrogen-bond donors (Lipinski definition) is 0. The van der Waals surface area contributed by atoms with Gasteiger partial charge in [-0.05, 0) is 64.8 Å². The van der Waals surface area contributed by atoms with Crippen LogP contribution in [-0.2, 0) is 6.61 Å². The zero-order valence-corrected chi connectivity index (χ0v) is 25.6. The van der Waals surface area contributed by atoms with Crippen molar-refractivity contribution in [2.45, 2.75) is 13.5 Å². The second-order valence-electron chi connectivity index (χ2n) is 9.43. The third kappa shape index (κ3) is 5.61. The number of rotatable bonds is 9. The lowest BCUT2D eigenvalue weighted by molar-refractivity contribution is 0.269. The van der Waals surface area contributed by atoms with Crippen LogP contribution in [-0.4, -0.2) is 29.6 Å². The molecule has 2 heterocycles. The topological polar surface area (TPSA) is 88.1 Å². The molecule has 4 aromatic carbocycles. The summed E-state index contributed by atoms with van der Waals surface area (Å²) in [7, 11) is 1.59. The molecule has 43 heavy (non-hydrogen) atoms. The van der Waals surface area contributed by atoms with E-state index in [0.717, 1.165) is 10.9 Å². The maximum Gasteiger partial charge on any atom is 0.282 e. The number of fused-ring (bicyclic) bond motifs is 2. The van der Waals surface area contributed by atoms with E-state index in [1.165, 1.54) is 10.9 Å². The highest BCUT2D eigenvalue weighted by molar-refractivity contribution is 9.10. The van der Waals surface area contributed by atoms with Crippen LogP contribution >= 0.6 is 27.5 Å². The number of furan rings is 1. The van der Waals surface area contributed by atoms with Gasteiger partial charge in [0.05, 0.1) is 36.2 Å². The fourth-order valence-electron chi connectivity index (χ4n) is 4.66. The Morgan fingerprint density at radius 3 is 2.56 bits per heavy atom. The molecule has 0 aliphatic rings. The number of halogens is 2. The van der Waals surface area contributed by atoms with Gasteiger partial charge in [0.25, 0.3) is 5.56 Å². The molecule has 0 spiro atoms. The number of methoxy groups -OCH3 is 1. The minimum absolute atomic E-state index is 0.230. The molecule has 2 aromatic heterocycles. The van der Waals surface area contributed by atoms with E-state index >= 15 is 0 Å². The van der Waals surface area contributed by atoms with Crippen LogP contribution in [0.15, 0.2) is 104 Å². The number of nitrogens with zero attached hydrogens (tertiary/aromatic N) is 3. The summed E-state index contributed by atoms with van der Waals surface area (Å²) >= 11 is 10.4. The van der Waals surface area contributed by atoms with Crippen molar-refractivity contribution in [3.63, 3.8) is 0 Å². The van der Waals surface area contributed by atoms with Crippen molar-refractivity contribution in [3.05, 3.63) is 116 Å². The van der Waals surface area contributed by atoms with Crippen LogP contribution in [0.3, 0.4) is 0 Å². The summed E-state index contributed by atoms with van der Waals surface area (Å²) in [5.74, 6) is 2.08. The second-order valence-corrected chi connectivity index (χ2v) is 10.6. The lowest BCUT2D eigenvalue weighted by Gasteiger charge is -2.16. The Hall–Kier alpha value is -4.60. The van der Waals surface area contributed by atoms with Crippen LogP contribution in [0.5, 0.6) is 17.2 Å². The lowest BCUT2D eigenvalue weighted by Crippen LogP contribution is -2.20. The molecule has 0 unspecified atom stereocenters. The fourth-order valence-corrected chi connectivity index (χ4v) is 5.31. The largest absolute Gasteiger partial charge is 0.496 e. The molecule has 0 saturated carbocycles. The van der Waals surface area contributed by atoms with Crippen molar-refractivity contribution in [2.75, 3.05) is 13.7 Å². The standard InChI is InChI=1S/C33H25BrClN3O5/c1-3-41-27-16-21(29(34)30(35)31(27)42-19-20-10-5-4-6-11-20)18-36-38-32(37-24-13-8-7-12-22(24)33(38)39)28-17-23-25(40-2)14-9-15-26(23)43-28/h4-18H,3,19H2,1-2H3. The Morgan fingerprint density at radius 1 is 0.977 bits per heavy atom. The number of aromatic nitrogens is 2. The predicted molar refractivity (Wildman–Crippen MR) is 172 cm³/mol. The van der Waals surface area contributed by atoms with Crippen LogP contribution in [0, 0.1) is 0 Å². The normalized spacial score (nSPS) is 11.4. The molecular weight excluding hydrogens is 634 g/mol. The van der Waals surface area contributed by atoms with Gasteiger partial charge >= 0.3 is 0 Å². The Balaban J connectivity index is 1.46. The van der Waals surface area contributed by atoms with Crippen LogP contribution in [0.25, 0.3) is 33.5 Å². The van der Waals surface area contributed by atoms with Gasteiger partial charge in [-0.25, -0.2) is 4.98 Å². The smallest absolute Gasteiger partial charge is 0.282 e. The highest BCUT2D eigenvalue weighted by Gasteiger charge is 2.20. The first kappa shape index (κ1) is 28.5. The summed E-state index contributed by atoms with van der Waals surface area (Å²) in [6.07, 6.45) is 1.52. The molecule has 0 N–H and O–H groups in total. The first-order valence-corrected chi connectivity index (χ1v) is 14.6. The minimum atomic E-state index is -0.362. The predicted octanol–water partition coefficient (Wildman–Crippen LogP) is 8.09. The molecule has 216 valence electrons. The molecular formula is C33H25BrClN3O5. The molecule has 0 aliphatic heterocycles. The minimum Gasteiger partial charge on any atom is -0.496 e. The summed E-state index contributed by atoms with van der Waals surface area (Å²) in [4.78, 5) is 18.5. The molecule has 6 rings (SSSR count). The van der Waals surface area contributed by atoms with Crippen LogP contribution in [0.1, 0.15) is 18.1 Å². The van der Waals surface area contributed by atoms with Crippen LogP contribution in [0.2, 0.25) is 5.02 Å². The molecule has 6 aromatic rings. The summed E-state index contributed by atoms with van der Waals surface area (Å²) < 4.78 is 25.3. The van der Waals surface area contributed by atoms with Gasteiger partial charge < -0.3 is 18.6 Å². The van der Waals surface area contributed by atoms with Gasteiger partial charge in [0.1, 0.15) is 23.0 Å². The Labute approximate surface area is 260 Å². The van der Waals surface area contributed by atoms with E-state index < -0.39 is 0 Å². The van der Waals surface area contributed by atoms with Crippen molar-refractivity contribution in [1.82, 2.24) is 9.66 Å². The molecule has 10 heteroatoms. The number of ether oxygens (including phenoxy) is 3. The monoisotopic (exact) mass is 657 g/mol. The Kier molecular flexibility index (Phi) is 8.18. The Bertz CT molecular complexity index is 2040. The van der Waals surface area contributed by atoms with Crippen molar-refractivity contribution in [2.24, 2.45) is 5.10 Å². The van der Waals surface area contributed by atoms with Crippen LogP contribution < -0.4 is 19.8 Å². The second kappa shape index (κ2) is 12.3. The lowest BCUT2D eigenvalue weighted by atomic mass is 10.2. The Morgan fingerprint density at radius 2 is 1.77 bits per heavy atom. The fraction of sp³-hybridized carbons (Fsp3) is 0.121. The first-order chi connectivity index (χ1) is 21.0. The van der Waals surface area contributed by atoms with Gasteiger partial charge in [-0.2, -0.15) is 9.78 Å². The van der Waals surface area contributed by atoms with Crippen molar-refractivity contribution in [1.29, 1.82) is 0 Å². The average Bonchev–Trinajstić information content (AvgIpc) is 3.48.